The molecule has 11 rings (SSSR count). The number of hydrogen-bond acceptors (Lipinski definition) is 7. The Labute approximate surface area is 381 Å². The normalized spacial score (nSPS) is 26.1. The predicted octanol–water partition coefficient (Wildman–Crippen LogP) is 17.2. The molecule has 2 unspecified atom stereocenters. The van der Waals surface area contributed by atoms with E-state index in [0.717, 1.165) is 52.7 Å². The lowest BCUT2D eigenvalue weighted by Gasteiger charge is -2.47. The first-order valence-electron chi connectivity index (χ1n) is 19.4. The Bertz CT molecular complexity index is 3110. The van der Waals surface area contributed by atoms with Gasteiger partial charge < -0.3 is 4.90 Å². The summed E-state index contributed by atoms with van der Waals surface area (Å²) in [6.07, 6.45) is 0. The number of hydrogen-bond donors (Lipinski definition) is 0. The van der Waals surface area contributed by atoms with Crippen molar-refractivity contribution in [3.63, 3.8) is 0 Å². The van der Waals surface area contributed by atoms with E-state index in [0.29, 0.717) is 53.9 Å². The summed E-state index contributed by atoms with van der Waals surface area (Å²) in [5.41, 5.74) is -7.80. The Morgan fingerprint density at radius 3 is 1.48 bits per heavy atom. The van der Waals surface area contributed by atoms with Crippen molar-refractivity contribution in [3.8, 4) is 0 Å². The van der Waals surface area contributed by atoms with Gasteiger partial charge in [0.05, 0.1) is 14.2 Å². The summed E-state index contributed by atoms with van der Waals surface area (Å²) in [7, 11) is 0. The van der Waals surface area contributed by atoms with Gasteiger partial charge in [-0.2, -0.15) is 52.7 Å². The fourth-order valence-corrected chi connectivity index (χ4v) is 18.8. The summed E-state index contributed by atoms with van der Waals surface area (Å²) in [6, 6.07) is 21.1. The SMILES string of the molecule is Cc1cc2c(s1)C1=C3C(=C4c5sc(C)c(C6=C(c7c(C)sc8cc(N(c9ccccc9)c9ccccc9)sc78)C(F)(F)C(F)(F)C6(F)F)c5SC4(C)C1(C)S2)C(F)(F)C(F)(F)C3(F)F. The van der Waals surface area contributed by atoms with Gasteiger partial charge in [0.1, 0.15) is 5.00 Å². The van der Waals surface area contributed by atoms with Gasteiger partial charge >= 0.3 is 35.5 Å². The first-order valence-corrected chi connectivity index (χ1v) is 24.3. The molecule has 3 aliphatic carbocycles. The Hall–Kier alpha value is -3.62. The number of benzene rings is 2. The van der Waals surface area contributed by atoms with Gasteiger partial charge in [-0.3, -0.25) is 0 Å². The fourth-order valence-electron chi connectivity index (χ4n) is 9.88. The van der Waals surface area contributed by atoms with E-state index in [1.807, 2.05) is 0 Å². The number of anilines is 3. The van der Waals surface area contributed by atoms with Crippen molar-refractivity contribution < 1.29 is 52.7 Å². The molecule has 2 aromatic carbocycles. The average Bonchev–Trinajstić information content (AvgIpc) is 4.05. The van der Waals surface area contributed by atoms with Gasteiger partial charge in [0.2, 0.25) is 0 Å². The van der Waals surface area contributed by atoms with Crippen LogP contribution in [0.5, 0.6) is 0 Å². The van der Waals surface area contributed by atoms with Crippen LogP contribution in [0.2, 0.25) is 0 Å². The van der Waals surface area contributed by atoms with Crippen LogP contribution in [0.4, 0.5) is 69.1 Å². The number of aryl methyl sites for hydroxylation is 3. The maximum absolute atomic E-state index is 16.9. The van der Waals surface area contributed by atoms with Gasteiger partial charge in [-0.15, -0.1) is 68.9 Å². The second kappa shape index (κ2) is 12.9. The molecule has 6 aromatic rings. The van der Waals surface area contributed by atoms with Gasteiger partial charge in [-0.25, -0.2) is 0 Å². The predicted molar refractivity (Wildman–Crippen MR) is 236 cm³/mol. The van der Waals surface area contributed by atoms with Crippen molar-refractivity contribution in [2.24, 2.45) is 0 Å². The molecule has 0 bridgehead atoms. The van der Waals surface area contributed by atoms with Gasteiger partial charge in [0.15, 0.2) is 0 Å². The van der Waals surface area contributed by atoms with E-state index < -0.39 is 99.4 Å². The molecule has 4 aromatic heterocycles. The highest BCUT2D eigenvalue weighted by Gasteiger charge is 2.86. The lowest BCUT2D eigenvalue weighted by molar-refractivity contribution is -0.257. The molecule has 19 heteroatoms. The number of halogens is 12. The Morgan fingerprint density at radius 1 is 0.469 bits per heavy atom. The smallest absolute Gasteiger partial charge is 0.302 e. The molecule has 332 valence electrons. The van der Waals surface area contributed by atoms with Crippen LogP contribution < -0.4 is 4.90 Å². The zero-order valence-electron chi connectivity index (χ0n) is 33.4. The molecule has 6 heterocycles. The number of thioether (sulfide) groups is 2. The minimum Gasteiger partial charge on any atom is -0.302 e. The summed E-state index contributed by atoms with van der Waals surface area (Å²) in [4.78, 5) is 1.70. The Kier molecular flexibility index (Phi) is 8.65. The van der Waals surface area contributed by atoms with Crippen LogP contribution in [0, 0.1) is 20.8 Å². The van der Waals surface area contributed by atoms with Gasteiger partial charge in [-0.05, 0) is 82.2 Å². The van der Waals surface area contributed by atoms with E-state index in [4.69, 9.17) is 0 Å². The van der Waals surface area contributed by atoms with E-state index in [1.54, 1.807) is 84.6 Å². The highest BCUT2D eigenvalue weighted by atomic mass is 32.2. The van der Waals surface area contributed by atoms with Crippen LogP contribution in [0.3, 0.4) is 0 Å². The number of thiophene rings is 4. The number of nitrogens with zero attached hydrogens (tertiary/aromatic N) is 1. The minimum atomic E-state index is -6.02. The second-order valence-electron chi connectivity index (χ2n) is 16.5. The van der Waals surface area contributed by atoms with Gasteiger partial charge in [0.25, 0.3) is 0 Å². The zero-order chi connectivity index (χ0) is 45.9. The van der Waals surface area contributed by atoms with Crippen molar-refractivity contribution in [1.29, 1.82) is 0 Å². The zero-order valence-corrected chi connectivity index (χ0v) is 38.3. The third kappa shape index (κ3) is 4.84. The highest BCUT2D eigenvalue weighted by Crippen LogP contribution is 2.80. The standard InChI is InChI=1S/C45H27F12NS6/c1-18-16-24-35(59-18)32-30-31(43(52,53)45(56,57)42(30,50)51)33-37-36(64-39(33,5)38(32,4)63-24)27(20(3)61-37)29-28(40(46,47)44(54,55)41(29,48)49)26-19(2)60-23-17-25(62-34(23)26)58(21-12-8-6-9-13-21)22-14-10-7-11-15-22/h6-17H,1-5H3. The van der Waals surface area contributed by atoms with E-state index in [2.05, 4.69) is 0 Å². The molecule has 0 N–H and O–H groups in total. The van der Waals surface area contributed by atoms with E-state index >= 15 is 52.7 Å². The molecule has 64 heavy (non-hydrogen) atoms. The highest BCUT2D eigenvalue weighted by molar-refractivity contribution is 8.06. The molecule has 0 radical (unpaired) electrons. The number of allylic oxidation sites excluding steroid dienone is 4. The Morgan fingerprint density at radius 2 is 0.938 bits per heavy atom. The number of rotatable bonds is 5. The number of para-hydroxylation sites is 2. The molecule has 0 saturated heterocycles. The van der Waals surface area contributed by atoms with Crippen LogP contribution in [0.1, 0.15) is 49.4 Å². The minimum absolute atomic E-state index is 0.0163. The van der Waals surface area contributed by atoms with Crippen molar-refractivity contribution in [3.05, 3.63) is 119 Å². The topological polar surface area (TPSA) is 3.24 Å². The summed E-state index contributed by atoms with van der Waals surface area (Å²) in [6.45, 7) is 6.91. The van der Waals surface area contributed by atoms with Gasteiger partial charge in [0, 0.05) is 83.7 Å². The molecule has 0 amide bonds. The average molecular weight is 1000 g/mol. The summed E-state index contributed by atoms with van der Waals surface area (Å²) in [5.74, 6) is -34.0. The van der Waals surface area contributed by atoms with Crippen molar-refractivity contribution in [1.82, 2.24) is 0 Å². The largest absolute Gasteiger partial charge is 0.380 e. The van der Waals surface area contributed by atoms with E-state index in [9.17, 15) is 0 Å². The molecule has 5 aliphatic rings. The third-order valence-corrected chi connectivity index (χ3v) is 21.0. The summed E-state index contributed by atoms with van der Waals surface area (Å²) in [5, 5.41) is 0.451. The molecule has 1 saturated carbocycles. The molecular weight excluding hydrogens is 975 g/mol. The molecule has 2 atom stereocenters. The van der Waals surface area contributed by atoms with E-state index in [-0.39, 0.29) is 19.3 Å². The van der Waals surface area contributed by atoms with Crippen LogP contribution in [-0.4, -0.2) is 45.0 Å². The van der Waals surface area contributed by atoms with Crippen LogP contribution >= 0.6 is 68.9 Å². The molecule has 0 spiro atoms. The van der Waals surface area contributed by atoms with Crippen LogP contribution in [0.15, 0.2) is 93.7 Å². The number of alkyl halides is 12. The molecule has 1 nitrogen and oxygen atoms in total. The fraction of sp³-hybridized carbons (Fsp3) is 0.289. The first kappa shape index (κ1) is 43.0. The third-order valence-electron chi connectivity index (χ3n) is 12.9. The first-order chi connectivity index (χ1) is 29.8. The second-order valence-corrected chi connectivity index (χ2v) is 24.2. The van der Waals surface area contributed by atoms with Crippen LogP contribution in [-0.2, 0) is 0 Å². The van der Waals surface area contributed by atoms with Crippen molar-refractivity contribution in [2.75, 3.05) is 4.90 Å². The quantitative estimate of drug-likeness (QED) is 0.159. The maximum Gasteiger partial charge on any atom is 0.380 e. The number of fused-ring (bicyclic) bond motifs is 9. The van der Waals surface area contributed by atoms with Crippen molar-refractivity contribution >= 4 is 117 Å². The van der Waals surface area contributed by atoms with Crippen LogP contribution in [0.25, 0.3) is 31.7 Å². The Balaban J connectivity index is 1.19. The van der Waals surface area contributed by atoms with E-state index in [1.165, 1.54) is 20.8 Å². The lowest BCUT2D eigenvalue weighted by Crippen LogP contribution is -2.49. The van der Waals surface area contributed by atoms with Gasteiger partial charge in [-0.1, -0.05) is 36.4 Å². The van der Waals surface area contributed by atoms with Crippen molar-refractivity contribution in [2.45, 2.75) is 89.4 Å². The summed E-state index contributed by atoms with van der Waals surface area (Å²) >= 11 is 4.84. The maximum atomic E-state index is 16.9. The molecule has 1 fully saturated rings. The summed E-state index contributed by atoms with van der Waals surface area (Å²) < 4.78 is 193. The molecular formula is C45H27F12NS6. The monoisotopic (exact) mass is 1000 g/mol. The lowest BCUT2D eigenvalue weighted by atomic mass is 9.71. The molecule has 2 aliphatic heterocycles.